The summed E-state index contributed by atoms with van der Waals surface area (Å²) >= 11 is 0. The Bertz CT molecular complexity index is 351. The number of ether oxygens (including phenoxy) is 1. The summed E-state index contributed by atoms with van der Waals surface area (Å²) in [5.41, 5.74) is 1.29. The van der Waals surface area contributed by atoms with Crippen molar-refractivity contribution in [3.05, 3.63) is 29.8 Å². The second kappa shape index (κ2) is 9.75. The fourth-order valence-electron chi connectivity index (χ4n) is 1.77. The van der Waals surface area contributed by atoms with Gasteiger partial charge in [0.15, 0.2) is 0 Å². The number of rotatable bonds is 10. The van der Waals surface area contributed by atoms with Crippen molar-refractivity contribution in [3.63, 3.8) is 0 Å². The van der Waals surface area contributed by atoms with Gasteiger partial charge in [-0.05, 0) is 45.4 Å². The minimum atomic E-state index is 0.733. The lowest BCUT2D eigenvalue weighted by molar-refractivity contribution is 0.222. The van der Waals surface area contributed by atoms with Gasteiger partial charge >= 0.3 is 0 Å². The van der Waals surface area contributed by atoms with E-state index in [9.17, 15) is 0 Å². The van der Waals surface area contributed by atoms with Crippen LogP contribution >= 0.6 is 0 Å². The molecule has 0 heterocycles. The number of hydrogen-bond donors (Lipinski definition) is 1. The third kappa shape index (κ3) is 7.48. The SMILES string of the molecule is CCNCc1ccc(OCCN(C)CCN(C)C)cc1. The molecular weight excluding hydrogens is 250 g/mol. The zero-order valence-corrected chi connectivity index (χ0v) is 13.4. The van der Waals surface area contributed by atoms with Crippen LogP contribution in [0.4, 0.5) is 0 Å². The average molecular weight is 279 g/mol. The highest BCUT2D eigenvalue weighted by molar-refractivity contribution is 5.27. The molecule has 1 aromatic rings. The second-order valence-corrected chi connectivity index (χ2v) is 5.38. The molecule has 0 aliphatic heterocycles. The molecule has 1 aromatic carbocycles. The van der Waals surface area contributed by atoms with Crippen LogP contribution in [-0.4, -0.2) is 63.7 Å². The predicted molar refractivity (Wildman–Crippen MR) is 85.4 cm³/mol. The van der Waals surface area contributed by atoms with E-state index in [1.165, 1.54) is 5.56 Å². The highest BCUT2D eigenvalue weighted by Gasteiger charge is 2.00. The highest BCUT2D eigenvalue weighted by atomic mass is 16.5. The highest BCUT2D eigenvalue weighted by Crippen LogP contribution is 2.11. The lowest BCUT2D eigenvalue weighted by Gasteiger charge is -2.19. The molecule has 114 valence electrons. The molecule has 0 aromatic heterocycles. The van der Waals surface area contributed by atoms with Crippen LogP contribution in [0.1, 0.15) is 12.5 Å². The number of likely N-dealkylation sites (N-methyl/N-ethyl adjacent to an activating group) is 2. The first kappa shape index (κ1) is 17.0. The molecule has 20 heavy (non-hydrogen) atoms. The zero-order valence-electron chi connectivity index (χ0n) is 13.4. The van der Waals surface area contributed by atoms with E-state index in [1.807, 2.05) is 12.1 Å². The van der Waals surface area contributed by atoms with E-state index in [0.717, 1.165) is 45.1 Å². The Morgan fingerprint density at radius 1 is 1.00 bits per heavy atom. The Labute approximate surface area is 123 Å². The van der Waals surface area contributed by atoms with Crippen LogP contribution in [0.2, 0.25) is 0 Å². The van der Waals surface area contributed by atoms with Crippen molar-refractivity contribution in [2.75, 3.05) is 53.9 Å². The maximum Gasteiger partial charge on any atom is 0.119 e. The Morgan fingerprint density at radius 3 is 2.30 bits per heavy atom. The summed E-state index contributed by atoms with van der Waals surface area (Å²) in [5.74, 6) is 0.950. The Balaban J connectivity index is 2.21. The molecule has 4 nitrogen and oxygen atoms in total. The molecule has 0 amide bonds. The first-order valence-electron chi connectivity index (χ1n) is 7.37. The molecule has 0 radical (unpaired) electrons. The van der Waals surface area contributed by atoms with Gasteiger partial charge in [-0.15, -0.1) is 0 Å². The fourth-order valence-corrected chi connectivity index (χ4v) is 1.77. The standard InChI is InChI=1S/C16H29N3O/c1-5-17-14-15-6-8-16(9-7-15)20-13-12-19(4)11-10-18(2)3/h6-9,17H,5,10-14H2,1-4H3. The van der Waals surface area contributed by atoms with Gasteiger partial charge in [0.25, 0.3) is 0 Å². The van der Waals surface area contributed by atoms with E-state index in [1.54, 1.807) is 0 Å². The first-order valence-corrected chi connectivity index (χ1v) is 7.37. The Kier molecular flexibility index (Phi) is 8.26. The summed E-state index contributed by atoms with van der Waals surface area (Å²) in [4.78, 5) is 4.49. The molecule has 1 N–H and O–H groups in total. The van der Waals surface area contributed by atoms with E-state index in [2.05, 4.69) is 55.3 Å². The quantitative estimate of drug-likeness (QED) is 0.705. The molecule has 1 rings (SSSR count). The summed E-state index contributed by atoms with van der Waals surface area (Å²) < 4.78 is 5.77. The van der Waals surface area contributed by atoms with Gasteiger partial charge in [0, 0.05) is 26.2 Å². The van der Waals surface area contributed by atoms with Crippen LogP contribution < -0.4 is 10.1 Å². The van der Waals surface area contributed by atoms with E-state index < -0.39 is 0 Å². The smallest absolute Gasteiger partial charge is 0.119 e. The fraction of sp³-hybridized carbons (Fsp3) is 0.625. The summed E-state index contributed by atoms with van der Waals surface area (Å²) in [6.07, 6.45) is 0. The van der Waals surface area contributed by atoms with Gasteiger partial charge in [-0.1, -0.05) is 19.1 Å². The third-order valence-electron chi connectivity index (χ3n) is 3.17. The van der Waals surface area contributed by atoms with Gasteiger partial charge in [-0.3, -0.25) is 0 Å². The van der Waals surface area contributed by atoms with E-state index in [-0.39, 0.29) is 0 Å². The van der Waals surface area contributed by atoms with Crippen molar-refractivity contribution in [1.29, 1.82) is 0 Å². The number of nitrogens with one attached hydrogen (secondary N) is 1. The number of hydrogen-bond acceptors (Lipinski definition) is 4. The van der Waals surface area contributed by atoms with E-state index in [0.29, 0.717) is 0 Å². The van der Waals surface area contributed by atoms with Crippen LogP contribution in [0, 0.1) is 0 Å². The summed E-state index contributed by atoms with van der Waals surface area (Å²) in [6.45, 7) is 7.86. The summed E-state index contributed by atoms with van der Waals surface area (Å²) in [6, 6.07) is 8.33. The molecular formula is C16H29N3O. The lowest BCUT2D eigenvalue weighted by atomic mass is 10.2. The number of benzene rings is 1. The zero-order chi connectivity index (χ0) is 14.8. The minimum Gasteiger partial charge on any atom is -0.492 e. The normalized spacial score (nSPS) is 11.3. The monoisotopic (exact) mass is 279 g/mol. The van der Waals surface area contributed by atoms with Crippen molar-refractivity contribution < 1.29 is 4.74 Å². The van der Waals surface area contributed by atoms with Crippen molar-refractivity contribution in [2.45, 2.75) is 13.5 Å². The first-order chi connectivity index (χ1) is 9.61. The van der Waals surface area contributed by atoms with Gasteiger partial charge in [0.1, 0.15) is 12.4 Å². The molecule has 0 atom stereocenters. The van der Waals surface area contributed by atoms with E-state index in [4.69, 9.17) is 4.74 Å². The molecule has 0 aliphatic carbocycles. The molecule has 0 spiro atoms. The van der Waals surface area contributed by atoms with Crippen molar-refractivity contribution in [2.24, 2.45) is 0 Å². The van der Waals surface area contributed by atoms with Crippen molar-refractivity contribution in [1.82, 2.24) is 15.1 Å². The molecule has 0 bridgehead atoms. The van der Waals surface area contributed by atoms with Crippen LogP contribution in [0.25, 0.3) is 0 Å². The maximum absolute atomic E-state index is 5.77. The van der Waals surface area contributed by atoms with Gasteiger partial charge in [0.05, 0.1) is 0 Å². The topological polar surface area (TPSA) is 27.7 Å². The molecule has 0 aliphatic rings. The summed E-state index contributed by atoms with van der Waals surface area (Å²) in [7, 11) is 6.32. The third-order valence-corrected chi connectivity index (χ3v) is 3.17. The van der Waals surface area contributed by atoms with Crippen molar-refractivity contribution >= 4 is 0 Å². The van der Waals surface area contributed by atoms with Gasteiger partial charge in [0.2, 0.25) is 0 Å². The van der Waals surface area contributed by atoms with Crippen LogP contribution in [0.3, 0.4) is 0 Å². The Morgan fingerprint density at radius 2 is 1.70 bits per heavy atom. The molecule has 0 unspecified atom stereocenters. The minimum absolute atomic E-state index is 0.733. The molecule has 0 saturated heterocycles. The van der Waals surface area contributed by atoms with Crippen LogP contribution in [0.5, 0.6) is 5.75 Å². The van der Waals surface area contributed by atoms with Gasteiger partial charge in [-0.25, -0.2) is 0 Å². The van der Waals surface area contributed by atoms with Crippen LogP contribution in [-0.2, 0) is 6.54 Å². The van der Waals surface area contributed by atoms with Gasteiger partial charge < -0.3 is 19.9 Å². The van der Waals surface area contributed by atoms with Crippen molar-refractivity contribution in [3.8, 4) is 5.75 Å². The molecule has 0 fully saturated rings. The average Bonchev–Trinajstić information content (AvgIpc) is 2.44. The van der Waals surface area contributed by atoms with E-state index >= 15 is 0 Å². The van der Waals surface area contributed by atoms with Crippen LogP contribution in [0.15, 0.2) is 24.3 Å². The maximum atomic E-state index is 5.77. The largest absolute Gasteiger partial charge is 0.492 e. The van der Waals surface area contributed by atoms with Gasteiger partial charge in [-0.2, -0.15) is 0 Å². The lowest BCUT2D eigenvalue weighted by Crippen LogP contribution is -2.31. The Hall–Kier alpha value is -1.10. The number of nitrogens with zero attached hydrogens (tertiary/aromatic N) is 2. The second-order valence-electron chi connectivity index (χ2n) is 5.38. The molecule has 4 heteroatoms. The summed E-state index contributed by atoms with van der Waals surface area (Å²) in [5, 5.41) is 3.31. The predicted octanol–water partition coefficient (Wildman–Crippen LogP) is 1.67. The molecule has 0 saturated carbocycles.